The molecule has 0 radical (unpaired) electrons. The molecule has 0 atom stereocenters. The van der Waals surface area contributed by atoms with Gasteiger partial charge in [0.25, 0.3) is 0 Å². The SMILES string of the molecule is CC(=O)c1ccccc1.N=C(N)C(=O)O. The molecule has 1 rings (SSSR count). The third kappa shape index (κ3) is 5.98. The van der Waals surface area contributed by atoms with Crippen molar-refractivity contribution in [3.63, 3.8) is 0 Å². The van der Waals surface area contributed by atoms with Crippen LogP contribution in [0.4, 0.5) is 0 Å². The molecule has 4 N–H and O–H groups in total. The lowest BCUT2D eigenvalue weighted by Crippen LogP contribution is -2.20. The van der Waals surface area contributed by atoms with Gasteiger partial charge in [0.05, 0.1) is 0 Å². The van der Waals surface area contributed by atoms with Crippen molar-refractivity contribution in [3.8, 4) is 0 Å². The second-order valence-corrected chi connectivity index (χ2v) is 2.64. The van der Waals surface area contributed by atoms with Gasteiger partial charge in [-0.05, 0) is 6.92 Å². The summed E-state index contributed by atoms with van der Waals surface area (Å²) in [4.78, 5) is 20.0. The Hall–Kier alpha value is -2.17. The minimum absolute atomic E-state index is 0.121. The second kappa shape index (κ2) is 6.31. The maximum absolute atomic E-state index is 10.6. The first-order chi connectivity index (χ1) is 6.95. The molecular weight excluding hydrogens is 196 g/mol. The van der Waals surface area contributed by atoms with Gasteiger partial charge in [-0.15, -0.1) is 0 Å². The number of benzene rings is 1. The van der Waals surface area contributed by atoms with Gasteiger partial charge in [-0.2, -0.15) is 0 Å². The van der Waals surface area contributed by atoms with Crippen molar-refractivity contribution in [1.29, 1.82) is 5.41 Å². The second-order valence-electron chi connectivity index (χ2n) is 2.64. The normalized spacial score (nSPS) is 8.33. The Balaban J connectivity index is 0.000000288. The van der Waals surface area contributed by atoms with Gasteiger partial charge < -0.3 is 10.8 Å². The van der Waals surface area contributed by atoms with Crippen molar-refractivity contribution >= 4 is 17.6 Å². The van der Waals surface area contributed by atoms with E-state index in [0.29, 0.717) is 0 Å². The summed E-state index contributed by atoms with van der Waals surface area (Å²) in [5, 5.41) is 13.8. The van der Waals surface area contributed by atoms with E-state index < -0.39 is 11.8 Å². The molecule has 0 amide bonds. The summed E-state index contributed by atoms with van der Waals surface area (Å²) >= 11 is 0. The van der Waals surface area contributed by atoms with Crippen LogP contribution in [0.1, 0.15) is 17.3 Å². The zero-order chi connectivity index (χ0) is 11.8. The molecule has 0 aliphatic carbocycles. The number of hydrogen-bond donors (Lipinski definition) is 3. The van der Waals surface area contributed by atoms with E-state index in [-0.39, 0.29) is 5.78 Å². The lowest BCUT2D eigenvalue weighted by atomic mass is 10.2. The molecule has 0 unspecified atom stereocenters. The van der Waals surface area contributed by atoms with Gasteiger partial charge in [-0.25, -0.2) is 4.79 Å². The molecule has 0 fully saturated rings. The highest BCUT2D eigenvalue weighted by atomic mass is 16.4. The van der Waals surface area contributed by atoms with Crippen LogP contribution in [0.2, 0.25) is 0 Å². The molecule has 80 valence electrons. The number of Topliss-reactive ketones (excluding diaryl/α,β-unsaturated/α-hetero) is 1. The van der Waals surface area contributed by atoms with Gasteiger partial charge in [-0.3, -0.25) is 10.2 Å². The Morgan fingerprint density at radius 3 is 1.87 bits per heavy atom. The van der Waals surface area contributed by atoms with Crippen LogP contribution in [0.25, 0.3) is 0 Å². The predicted octanol–water partition coefficient (Wildman–Crippen LogP) is 0.896. The molecule has 15 heavy (non-hydrogen) atoms. The smallest absolute Gasteiger partial charge is 0.370 e. The molecule has 0 spiro atoms. The third-order valence-corrected chi connectivity index (χ3v) is 1.41. The zero-order valence-corrected chi connectivity index (χ0v) is 8.23. The van der Waals surface area contributed by atoms with Gasteiger partial charge >= 0.3 is 5.97 Å². The van der Waals surface area contributed by atoms with Crippen LogP contribution < -0.4 is 5.73 Å². The Morgan fingerprint density at radius 2 is 1.67 bits per heavy atom. The minimum Gasteiger partial charge on any atom is -0.475 e. The van der Waals surface area contributed by atoms with E-state index in [4.69, 9.17) is 10.5 Å². The average Bonchev–Trinajstić information content (AvgIpc) is 2.20. The van der Waals surface area contributed by atoms with Gasteiger partial charge in [0.2, 0.25) is 5.84 Å². The summed E-state index contributed by atoms with van der Waals surface area (Å²) in [6, 6.07) is 9.23. The van der Waals surface area contributed by atoms with Gasteiger partial charge in [-0.1, -0.05) is 30.3 Å². The summed E-state index contributed by atoms with van der Waals surface area (Å²) in [6.07, 6.45) is 0. The molecule has 5 nitrogen and oxygen atoms in total. The van der Waals surface area contributed by atoms with Crippen LogP contribution in [0.5, 0.6) is 0 Å². The van der Waals surface area contributed by atoms with E-state index in [1.807, 2.05) is 30.3 Å². The highest BCUT2D eigenvalue weighted by Crippen LogP contribution is 1.97. The number of carbonyl (C=O) groups excluding carboxylic acids is 1. The van der Waals surface area contributed by atoms with Gasteiger partial charge in [0.1, 0.15) is 0 Å². The number of carboxylic acids is 1. The number of aliphatic carboxylic acids is 1. The van der Waals surface area contributed by atoms with Crippen LogP contribution in [-0.4, -0.2) is 22.7 Å². The van der Waals surface area contributed by atoms with Crippen molar-refractivity contribution < 1.29 is 14.7 Å². The summed E-state index contributed by atoms with van der Waals surface area (Å²) in [7, 11) is 0. The fourth-order valence-corrected chi connectivity index (χ4v) is 0.673. The molecule has 0 bridgehead atoms. The van der Waals surface area contributed by atoms with Crippen LogP contribution in [0, 0.1) is 5.41 Å². The van der Waals surface area contributed by atoms with Crippen molar-refractivity contribution in [2.24, 2.45) is 5.73 Å². The highest BCUT2D eigenvalue weighted by Gasteiger charge is 1.94. The van der Waals surface area contributed by atoms with E-state index in [0.717, 1.165) is 5.56 Å². The van der Waals surface area contributed by atoms with Crippen LogP contribution in [-0.2, 0) is 4.79 Å². The lowest BCUT2D eigenvalue weighted by molar-refractivity contribution is -0.129. The number of nitrogens with two attached hydrogens (primary N) is 1. The van der Waals surface area contributed by atoms with Crippen LogP contribution in [0.3, 0.4) is 0 Å². The van der Waals surface area contributed by atoms with E-state index in [1.54, 1.807) is 6.92 Å². The fraction of sp³-hybridized carbons (Fsp3) is 0.100. The van der Waals surface area contributed by atoms with E-state index in [9.17, 15) is 9.59 Å². The minimum atomic E-state index is -1.38. The maximum Gasteiger partial charge on any atom is 0.370 e. The molecule has 0 heterocycles. The van der Waals surface area contributed by atoms with Gasteiger partial charge in [0.15, 0.2) is 5.78 Å². The molecule has 0 saturated heterocycles. The first kappa shape index (κ1) is 12.8. The number of amidine groups is 1. The molecular formula is C10H12N2O3. The third-order valence-electron chi connectivity index (χ3n) is 1.41. The van der Waals surface area contributed by atoms with Crippen molar-refractivity contribution in [3.05, 3.63) is 35.9 Å². The Bertz CT molecular complexity index is 348. The number of ketones is 1. The van der Waals surface area contributed by atoms with Crippen LogP contribution in [0.15, 0.2) is 30.3 Å². The highest BCUT2D eigenvalue weighted by molar-refractivity contribution is 6.32. The van der Waals surface area contributed by atoms with Crippen molar-refractivity contribution in [2.75, 3.05) is 0 Å². The Kier molecular flexibility index (Phi) is 5.40. The maximum atomic E-state index is 10.6. The molecule has 0 saturated carbocycles. The Morgan fingerprint density at radius 1 is 1.27 bits per heavy atom. The number of carbonyl (C=O) groups is 2. The van der Waals surface area contributed by atoms with Crippen LogP contribution >= 0.6 is 0 Å². The number of rotatable bonds is 1. The predicted molar refractivity (Wildman–Crippen MR) is 56.0 cm³/mol. The topological polar surface area (TPSA) is 104 Å². The first-order valence-electron chi connectivity index (χ1n) is 4.08. The quantitative estimate of drug-likeness (QED) is 0.362. The largest absolute Gasteiger partial charge is 0.475 e. The summed E-state index contributed by atoms with van der Waals surface area (Å²) in [6.45, 7) is 1.56. The average molecular weight is 208 g/mol. The molecule has 0 aromatic heterocycles. The standard InChI is InChI=1S/C8H8O.C2H4N2O2/c1-7(9)8-5-3-2-4-6-8;3-1(4)2(5)6/h2-6H,1H3;(H3,3,4)(H,5,6). The fourth-order valence-electron chi connectivity index (χ4n) is 0.673. The van der Waals surface area contributed by atoms with Crippen molar-refractivity contribution in [1.82, 2.24) is 0 Å². The monoisotopic (exact) mass is 208 g/mol. The van der Waals surface area contributed by atoms with Crippen molar-refractivity contribution in [2.45, 2.75) is 6.92 Å². The molecule has 1 aromatic rings. The zero-order valence-electron chi connectivity index (χ0n) is 8.23. The molecule has 5 heteroatoms. The Labute approximate surface area is 87.0 Å². The first-order valence-corrected chi connectivity index (χ1v) is 4.08. The number of hydrogen-bond acceptors (Lipinski definition) is 3. The van der Waals surface area contributed by atoms with E-state index in [1.165, 1.54) is 0 Å². The molecule has 0 aliphatic rings. The number of carboxylic acid groups (broad SMARTS) is 1. The lowest BCUT2D eigenvalue weighted by Gasteiger charge is -1.89. The molecule has 1 aromatic carbocycles. The summed E-state index contributed by atoms with van der Waals surface area (Å²) in [5.41, 5.74) is 5.19. The summed E-state index contributed by atoms with van der Waals surface area (Å²) < 4.78 is 0. The number of nitrogens with one attached hydrogen (secondary N) is 1. The van der Waals surface area contributed by atoms with E-state index in [2.05, 4.69) is 5.73 Å². The van der Waals surface area contributed by atoms with E-state index >= 15 is 0 Å². The van der Waals surface area contributed by atoms with Gasteiger partial charge in [0, 0.05) is 5.56 Å². The summed E-state index contributed by atoms with van der Waals surface area (Å²) in [5.74, 6) is -2.08. The molecule has 0 aliphatic heterocycles.